The minimum Gasteiger partial charge on any atom is -0.492 e. The van der Waals surface area contributed by atoms with Crippen LogP contribution in [0, 0.1) is 0 Å². The number of carboxylic acids is 1. The number of likely N-dealkylation sites (N-methyl/N-ethyl adjacent to an activating group) is 1. The van der Waals surface area contributed by atoms with E-state index in [9.17, 15) is 9.59 Å². The first-order valence-electron chi connectivity index (χ1n) is 6.45. The van der Waals surface area contributed by atoms with Crippen molar-refractivity contribution in [2.45, 2.75) is 6.04 Å². The second-order valence-electron chi connectivity index (χ2n) is 4.38. The van der Waals surface area contributed by atoms with Crippen molar-refractivity contribution in [3.8, 4) is 5.75 Å². The Balaban J connectivity index is 2.35. The molecule has 7 heteroatoms. The van der Waals surface area contributed by atoms with Crippen LogP contribution in [0.3, 0.4) is 0 Å². The summed E-state index contributed by atoms with van der Waals surface area (Å²) in [7, 11) is 1.60. The Hall–Kier alpha value is -1.89. The molecule has 0 aliphatic rings. The molecule has 0 heterocycles. The van der Waals surface area contributed by atoms with Crippen molar-refractivity contribution < 1.29 is 19.4 Å². The number of urea groups is 1. The summed E-state index contributed by atoms with van der Waals surface area (Å²) in [6.07, 6.45) is 1.79. The molecule has 0 bridgehead atoms. The first-order valence-corrected chi connectivity index (χ1v) is 7.85. The summed E-state index contributed by atoms with van der Waals surface area (Å²) >= 11 is 1.37. The normalized spacial score (nSPS) is 11.5. The smallest absolute Gasteiger partial charge is 0.327 e. The lowest BCUT2D eigenvalue weighted by molar-refractivity contribution is -0.138. The topological polar surface area (TPSA) is 78.9 Å². The summed E-state index contributed by atoms with van der Waals surface area (Å²) in [4.78, 5) is 24.2. The molecule has 0 saturated heterocycles. The highest BCUT2D eigenvalue weighted by Gasteiger charge is 2.20. The van der Waals surface area contributed by atoms with Crippen molar-refractivity contribution >= 4 is 23.8 Å². The minimum atomic E-state index is -1.04. The van der Waals surface area contributed by atoms with Crippen LogP contribution in [-0.2, 0) is 4.79 Å². The molecule has 0 aromatic heterocycles. The summed E-state index contributed by atoms with van der Waals surface area (Å²) in [5, 5.41) is 11.5. The van der Waals surface area contributed by atoms with Gasteiger partial charge in [-0.3, -0.25) is 0 Å². The lowest BCUT2D eigenvalue weighted by Gasteiger charge is -2.21. The highest BCUT2D eigenvalue weighted by atomic mass is 32.2. The number of rotatable bonds is 8. The van der Waals surface area contributed by atoms with Crippen LogP contribution in [0.4, 0.5) is 4.79 Å². The summed E-state index contributed by atoms with van der Waals surface area (Å²) in [5.74, 6) is 0.0267. The number of amides is 2. The van der Waals surface area contributed by atoms with E-state index in [4.69, 9.17) is 9.84 Å². The third-order valence-electron chi connectivity index (χ3n) is 2.71. The zero-order valence-corrected chi connectivity index (χ0v) is 12.9. The molecular formula is C14H20N2O4S. The van der Waals surface area contributed by atoms with E-state index in [0.717, 1.165) is 5.75 Å². The second-order valence-corrected chi connectivity index (χ2v) is 5.29. The molecule has 0 aliphatic heterocycles. The van der Waals surface area contributed by atoms with E-state index in [1.165, 1.54) is 16.7 Å². The first kappa shape index (κ1) is 17.2. The van der Waals surface area contributed by atoms with Gasteiger partial charge in [-0.25, -0.2) is 9.59 Å². The van der Waals surface area contributed by atoms with Crippen LogP contribution in [0.25, 0.3) is 0 Å². The highest BCUT2D eigenvalue weighted by molar-refractivity contribution is 7.98. The van der Waals surface area contributed by atoms with Gasteiger partial charge in [-0.2, -0.15) is 11.8 Å². The molecule has 0 aliphatic carbocycles. The molecular weight excluding hydrogens is 292 g/mol. The average molecular weight is 312 g/mol. The number of carbonyl (C=O) groups excluding carboxylic acids is 1. The molecule has 0 saturated carbocycles. The Morgan fingerprint density at radius 1 is 1.38 bits per heavy atom. The standard InChI is InChI=1S/C14H20N2O4S/c1-16(8-9-20-11-6-4-3-5-7-11)14(19)15-12(10-21-2)13(17)18/h3-7,12H,8-10H2,1-2H3,(H,15,19)(H,17,18)/t12-/m0/s1. The predicted molar refractivity (Wildman–Crippen MR) is 82.9 cm³/mol. The lowest BCUT2D eigenvalue weighted by Crippen LogP contribution is -2.48. The van der Waals surface area contributed by atoms with Gasteiger partial charge in [-0.05, 0) is 18.4 Å². The van der Waals surface area contributed by atoms with Gasteiger partial charge in [0.15, 0.2) is 0 Å². The molecule has 1 aromatic carbocycles. The average Bonchev–Trinajstić information content (AvgIpc) is 2.47. The van der Waals surface area contributed by atoms with Gasteiger partial charge in [0.1, 0.15) is 18.4 Å². The van der Waals surface area contributed by atoms with Crippen molar-refractivity contribution in [2.75, 3.05) is 32.2 Å². The largest absolute Gasteiger partial charge is 0.492 e. The maximum Gasteiger partial charge on any atom is 0.327 e. The number of thioether (sulfide) groups is 1. The molecule has 0 spiro atoms. The van der Waals surface area contributed by atoms with Crippen molar-refractivity contribution in [1.82, 2.24) is 10.2 Å². The number of nitrogens with zero attached hydrogens (tertiary/aromatic N) is 1. The molecule has 2 amide bonds. The summed E-state index contributed by atoms with van der Waals surface area (Å²) in [5.41, 5.74) is 0. The SMILES string of the molecule is CSC[C@H](NC(=O)N(C)CCOc1ccccc1)C(=O)O. The Morgan fingerprint density at radius 2 is 2.05 bits per heavy atom. The van der Waals surface area contributed by atoms with Crippen LogP contribution in [0.2, 0.25) is 0 Å². The summed E-state index contributed by atoms with van der Waals surface area (Å²) < 4.78 is 5.48. The number of para-hydroxylation sites is 1. The fourth-order valence-corrected chi connectivity index (χ4v) is 2.08. The van der Waals surface area contributed by atoms with Gasteiger partial charge < -0.3 is 20.1 Å². The Kier molecular flexibility index (Phi) is 7.45. The van der Waals surface area contributed by atoms with Crippen molar-refractivity contribution in [1.29, 1.82) is 0 Å². The molecule has 1 aromatic rings. The number of hydrogen-bond donors (Lipinski definition) is 2. The van der Waals surface area contributed by atoms with E-state index in [-0.39, 0.29) is 0 Å². The number of nitrogens with one attached hydrogen (secondary N) is 1. The molecule has 1 atom stereocenters. The van der Waals surface area contributed by atoms with Crippen LogP contribution in [-0.4, -0.2) is 60.3 Å². The van der Waals surface area contributed by atoms with Gasteiger partial charge >= 0.3 is 12.0 Å². The van der Waals surface area contributed by atoms with Crippen molar-refractivity contribution in [3.63, 3.8) is 0 Å². The highest BCUT2D eigenvalue weighted by Crippen LogP contribution is 2.07. The monoisotopic (exact) mass is 312 g/mol. The molecule has 0 unspecified atom stereocenters. The maximum absolute atomic E-state index is 11.9. The number of ether oxygens (including phenoxy) is 1. The van der Waals surface area contributed by atoms with Gasteiger partial charge in [0, 0.05) is 12.8 Å². The van der Waals surface area contributed by atoms with E-state index >= 15 is 0 Å². The van der Waals surface area contributed by atoms with E-state index in [0.29, 0.717) is 18.9 Å². The maximum atomic E-state index is 11.9. The fourth-order valence-electron chi connectivity index (χ4n) is 1.52. The summed E-state index contributed by atoms with van der Waals surface area (Å²) in [6, 6.07) is 7.98. The number of benzene rings is 1. The van der Waals surface area contributed by atoms with Crippen LogP contribution in [0.1, 0.15) is 0 Å². The predicted octanol–water partition coefficient (Wildman–Crippen LogP) is 1.52. The van der Waals surface area contributed by atoms with E-state index in [2.05, 4.69) is 5.32 Å². The van der Waals surface area contributed by atoms with Gasteiger partial charge in [-0.15, -0.1) is 0 Å². The molecule has 6 nitrogen and oxygen atoms in total. The van der Waals surface area contributed by atoms with Crippen LogP contribution in [0.5, 0.6) is 5.75 Å². The number of aliphatic carboxylic acids is 1. The third kappa shape index (κ3) is 6.40. The zero-order chi connectivity index (χ0) is 15.7. The number of hydrogen-bond acceptors (Lipinski definition) is 4. The van der Waals surface area contributed by atoms with Crippen LogP contribution >= 0.6 is 11.8 Å². The van der Waals surface area contributed by atoms with Crippen molar-refractivity contribution in [2.24, 2.45) is 0 Å². The molecule has 2 N–H and O–H groups in total. The van der Waals surface area contributed by atoms with Crippen LogP contribution < -0.4 is 10.1 Å². The van der Waals surface area contributed by atoms with Crippen LogP contribution in [0.15, 0.2) is 30.3 Å². The lowest BCUT2D eigenvalue weighted by atomic mass is 10.3. The van der Waals surface area contributed by atoms with E-state index in [1.807, 2.05) is 30.3 Å². The molecule has 116 valence electrons. The Bertz CT molecular complexity index is 456. The first-order chi connectivity index (χ1) is 10.0. The summed E-state index contributed by atoms with van der Waals surface area (Å²) in [6.45, 7) is 0.709. The molecule has 0 radical (unpaired) electrons. The quantitative estimate of drug-likeness (QED) is 0.761. The molecule has 21 heavy (non-hydrogen) atoms. The molecule has 1 rings (SSSR count). The van der Waals surface area contributed by atoms with Gasteiger partial charge in [0.25, 0.3) is 0 Å². The molecule has 0 fully saturated rings. The Labute approximate surface area is 128 Å². The van der Waals surface area contributed by atoms with Gasteiger partial charge in [0.2, 0.25) is 0 Å². The van der Waals surface area contributed by atoms with E-state index in [1.54, 1.807) is 13.3 Å². The number of carboxylic acid groups (broad SMARTS) is 1. The third-order valence-corrected chi connectivity index (χ3v) is 3.38. The number of carbonyl (C=O) groups is 2. The van der Waals surface area contributed by atoms with Gasteiger partial charge in [-0.1, -0.05) is 18.2 Å². The second kappa shape index (κ2) is 9.12. The van der Waals surface area contributed by atoms with E-state index < -0.39 is 18.0 Å². The zero-order valence-electron chi connectivity index (χ0n) is 12.1. The Morgan fingerprint density at radius 3 is 2.62 bits per heavy atom. The van der Waals surface area contributed by atoms with Gasteiger partial charge in [0.05, 0.1) is 6.54 Å². The minimum absolute atomic E-state index is 0.329. The van der Waals surface area contributed by atoms with Crippen molar-refractivity contribution in [3.05, 3.63) is 30.3 Å². The fraction of sp³-hybridized carbons (Fsp3) is 0.429.